The minimum absolute atomic E-state index is 0. The molecule has 0 aliphatic carbocycles. The summed E-state index contributed by atoms with van der Waals surface area (Å²) in [7, 11) is 0. The molecule has 2 N–H and O–H groups in total. The van der Waals surface area contributed by atoms with E-state index in [1.54, 1.807) is 0 Å². The Morgan fingerprint density at radius 2 is 1.62 bits per heavy atom. The molecule has 0 rings (SSSR count). The van der Waals surface area contributed by atoms with Crippen molar-refractivity contribution in [3.05, 3.63) is 0 Å². The van der Waals surface area contributed by atoms with Gasteiger partial charge in [0.2, 0.25) is 0 Å². The molecule has 8 heavy (non-hydrogen) atoms. The predicted octanol–water partition coefficient (Wildman–Crippen LogP) is -3.40. The van der Waals surface area contributed by atoms with E-state index < -0.39 is 6.10 Å². The van der Waals surface area contributed by atoms with Crippen LogP contribution in [0.2, 0.25) is 0 Å². The van der Waals surface area contributed by atoms with Crippen LogP contribution in [0.5, 0.6) is 0 Å². The van der Waals surface area contributed by atoms with Gasteiger partial charge in [0.15, 0.2) is 0 Å². The van der Waals surface area contributed by atoms with Crippen molar-refractivity contribution in [2.24, 2.45) is 0 Å². The molecule has 0 aromatic heterocycles. The van der Waals surface area contributed by atoms with Gasteiger partial charge >= 0.3 is 37.7 Å². The Morgan fingerprint density at radius 1 is 1.50 bits per heavy atom. The molecule has 46 valence electrons. The van der Waals surface area contributed by atoms with Crippen LogP contribution < -0.4 is 10.5 Å². The summed E-state index contributed by atoms with van der Waals surface area (Å²) in [6.45, 7) is 1.39. The molecule has 4 nitrogen and oxygen atoms in total. The Hall–Kier alpha value is 1.10. The molecule has 0 saturated carbocycles. The van der Waals surface area contributed by atoms with Crippen LogP contribution in [-0.2, 0) is 0 Å². The third-order valence-corrected chi connectivity index (χ3v) is 0.264. The largest absolute Gasteiger partial charge is 2.00 e. The summed E-state index contributed by atoms with van der Waals surface area (Å²) < 4.78 is 0. The third-order valence-electron chi connectivity index (χ3n) is 0.264. The standard InChI is InChI=1S/C3H8O2.Ca.O2/c1-3(5)2-4;;1-2/h3-5H,2H2,1H3;;/q;+2;-2. The van der Waals surface area contributed by atoms with E-state index in [2.05, 4.69) is 0 Å². The zero-order chi connectivity index (χ0) is 6.28. The number of hydrogen-bond donors (Lipinski definition) is 2. The Bertz CT molecular complexity index is 25.2. The van der Waals surface area contributed by atoms with Gasteiger partial charge in [-0.3, -0.25) is 0 Å². The molecule has 0 aromatic rings. The first kappa shape index (κ1) is 16.0. The summed E-state index contributed by atoms with van der Waals surface area (Å²) in [5.41, 5.74) is 0. The fourth-order valence-electron chi connectivity index (χ4n) is 0. The fourth-order valence-corrected chi connectivity index (χ4v) is 0. The predicted molar refractivity (Wildman–Crippen MR) is 24.5 cm³/mol. The van der Waals surface area contributed by atoms with Crippen LogP contribution in [0.15, 0.2) is 0 Å². The number of aliphatic hydroxyl groups is 2. The van der Waals surface area contributed by atoms with Gasteiger partial charge in [-0.2, -0.15) is 0 Å². The van der Waals surface area contributed by atoms with Gasteiger partial charge in [-0.1, -0.05) is 0 Å². The van der Waals surface area contributed by atoms with Gasteiger partial charge in [0, 0.05) is 0 Å². The van der Waals surface area contributed by atoms with Crippen LogP contribution in [0, 0.1) is 0 Å². The van der Waals surface area contributed by atoms with Crippen molar-refractivity contribution >= 4 is 37.7 Å². The van der Waals surface area contributed by atoms with Crippen molar-refractivity contribution in [3.8, 4) is 0 Å². The van der Waals surface area contributed by atoms with Gasteiger partial charge < -0.3 is 20.7 Å². The van der Waals surface area contributed by atoms with Crippen molar-refractivity contribution in [2.45, 2.75) is 13.0 Å². The average Bonchev–Trinajstić information content (AvgIpc) is 1.73. The smallest absolute Gasteiger partial charge is 1.00 e. The summed E-state index contributed by atoms with van der Waals surface area (Å²) in [6.07, 6.45) is -0.560. The molecule has 0 amide bonds. The van der Waals surface area contributed by atoms with Crippen LogP contribution in [0.1, 0.15) is 6.92 Å². The molecule has 0 radical (unpaired) electrons. The maximum absolute atomic E-state index is 8.11. The molecule has 0 heterocycles. The second-order valence-corrected chi connectivity index (χ2v) is 1.03. The van der Waals surface area contributed by atoms with Gasteiger partial charge in [-0.25, -0.2) is 0 Å². The van der Waals surface area contributed by atoms with Gasteiger partial charge in [0.25, 0.3) is 0 Å². The van der Waals surface area contributed by atoms with Gasteiger partial charge in [-0.05, 0) is 6.92 Å². The number of aliphatic hydroxyl groups excluding tert-OH is 2. The summed E-state index contributed by atoms with van der Waals surface area (Å²) in [4.78, 5) is 0. The molecule has 0 fully saturated rings. The topological polar surface area (TPSA) is 86.6 Å². The fraction of sp³-hybridized carbons (Fsp3) is 1.00. The minimum atomic E-state index is -0.560. The summed E-state index contributed by atoms with van der Waals surface area (Å²) in [5.74, 6) is 0. The van der Waals surface area contributed by atoms with E-state index in [0.29, 0.717) is 0 Å². The minimum Gasteiger partial charge on any atom is -1.00 e. The zero-order valence-corrected chi connectivity index (χ0v) is 6.91. The molecule has 0 saturated heterocycles. The van der Waals surface area contributed by atoms with E-state index in [0.717, 1.165) is 0 Å². The van der Waals surface area contributed by atoms with Crippen molar-refractivity contribution in [2.75, 3.05) is 6.61 Å². The normalized spacial score (nSPS) is 10.1. The molecular weight excluding hydrogens is 140 g/mol. The summed E-state index contributed by atoms with van der Waals surface area (Å²) in [6, 6.07) is 0. The molecule has 0 aromatic carbocycles. The average molecular weight is 148 g/mol. The van der Waals surface area contributed by atoms with E-state index in [9.17, 15) is 0 Å². The van der Waals surface area contributed by atoms with E-state index in [1.807, 2.05) is 0 Å². The molecule has 5 heteroatoms. The third kappa shape index (κ3) is 27.5. The SMILES string of the molecule is CC(O)CO.[Ca+2].[O-][O-]. The Kier molecular flexibility index (Phi) is 31.5. The van der Waals surface area contributed by atoms with E-state index in [1.165, 1.54) is 6.92 Å². The number of hydrogen-bond acceptors (Lipinski definition) is 4. The molecule has 1 atom stereocenters. The quantitative estimate of drug-likeness (QED) is 0.230. The maximum Gasteiger partial charge on any atom is 2.00 e. The second kappa shape index (κ2) is 15.7. The molecule has 0 spiro atoms. The number of rotatable bonds is 1. The second-order valence-electron chi connectivity index (χ2n) is 1.03. The van der Waals surface area contributed by atoms with E-state index >= 15 is 0 Å². The van der Waals surface area contributed by atoms with Crippen LogP contribution in [0.4, 0.5) is 0 Å². The summed E-state index contributed by atoms with van der Waals surface area (Å²) >= 11 is 0. The Labute approximate surface area is 77.7 Å². The van der Waals surface area contributed by atoms with E-state index in [-0.39, 0.29) is 44.3 Å². The monoisotopic (exact) mass is 148 g/mol. The van der Waals surface area contributed by atoms with Crippen molar-refractivity contribution < 1.29 is 20.7 Å². The first-order chi connectivity index (χ1) is 3.27. The first-order valence-corrected chi connectivity index (χ1v) is 1.73. The van der Waals surface area contributed by atoms with Crippen LogP contribution in [0.25, 0.3) is 0 Å². The van der Waals surface area contributed by atoms with Crippen molar-refractivity contribution in [1.82, 2.24) is 0 Å². The van der Waals surface area contributed by atoms with Crippen LogP contribution in [0.3, 0.4) is 0 Å². The maximum atomic E-state index is 8.11. The Morgan fingerprint density at radius 3 is 1.62 bits per heavy atom. The van der Waals surface area contributed by atoms with Gasteiger partial charge in [-0.15, -0.1) is 0 Å². The molecule has 0 aliphatic rings. The van der Waals surface area contributed by atoms with E-state index in [4.69, 9.17) is 20.7 Å². The zero-order valence-electron chi connectivity index (χ0n) is 4.70. The van der Waals surface area contributed by atoms with Crippen LogP contribution in [-0.4, -0.2) is 60.7 Å². The molecule has 0 bridgehead atoms. The molecule has 0 aliphatic heterocycles. The van der Waals surface area contributed by atoms with Gasteiger partial charge in [0.1, 0.15) is 0 Å². The molecular formula is C3H8CaO4. The summed E-state index contributed by atoms with van der Waals surface area (Å²) in [5, 5.41) is 30.0. The molecule has 1 unspecified atom stereocenters. The first-order valence-electron chi connectivity index (χ1n) is 1.73. The van der Waals surface area contributed by atoms with Crippen molar-refractivity contribution in [3.63, 3.8) is 0 Å². The van der Waals surface area contributed by atoms with Crippen LogP contribution >= 0.6 is 0 Å². The van der Waals surface area contributed by atoms with Crippen molar-refractivity contribution in [1.29, 1.82) is 0 Å². The van der Waals surface area contributed by atoms with Gasteiger partial charge in [0.05, 0.1) is 12.7 Å². The Balaban J connectivity index is -0.0000000750.